The predicted octanol–water partition coefficient (Wildman–Crippen LogP) is 3.27. The Hall–Kier alpha value is -0.290. The topological polar surface area (TPSA) is 46.2 Å². The van der Waals surface area contributed by atoms with Gasteiger partial charge in [0.2, 0.25) is 10.0 Å². The molecular weight excluding hydrogens is 293 g/mol. The maximum Gasteiger partial charge on any atom is 0.240 e. The highest BCUT2D eigenvalue weighted by Crippen LogP contribution is 2.21. The van der Waals surface area contributed by atoms with E-state index >= 15 is 0 Å². The minimum Gasteiger partial charge on any atom is -0.211 e. The summed E-state index contributed by atoms with van der Waals surface area (Å²) in [5.41, 5.74) is -0.173. The lowest BCUT2D eigenvalue weighted by Gasteiger charge is -2.23. The van der Waals surface area contributed by atoms with Crippen LogP contribution in [0.5, 0.6) is 0 Å². The molecule has 0 heterocycles. The van der Waals surface area contributed by atoms with E-state index in [1.807, 2.05) is 13.8 Å². The third-order valence-electron chi connectivity index (χ3n) is 2.62. The Labute approximate surface area is 119 Å². The molecule has 0 atom stereocenters. The SMILES string of the molecule is CC(C)(CCCl)CNS(=O)(=O)c1cccc(Cl)c1. The number of hydrogen-bond donors (Lipinski definition) is 1. The van der Waals surface area contributed by atoms with Gasteiger partial charge in [-0.15, -0.1) is 11.6 Å². The Morgan fingerprint density at radius 2 is 2.00 bits per heavy atom. The highest BCUT2D eigenvalue weighted by atomic mass is 35.5. The van der Waals surface area contributed by atoms with Crippen molar-refractivity contribution in [1.29, 1.82) is 0 Å². The van der Waals surface area contributed by atoms with E-state index in [1.54, 1.807) is 12.1 Å². The Morgan fingerprint density at radius 3 is 2.56 bits per heavy atom. The van der Waals surface area contributed by atoms with Gasteiger partial charge < -0.3 is 0 Å². The first-order valence-electron chi connectivity index (χ1n) is 5.58. The van der Waals surface area contributed by atoms with Gasteiger partial charge in [0.05, 0.1) is 4.90 Å². The van der Waals surface area contributed by atoms with Crippen molar-refractivity contribution in [2.75, 3.05) is 12.4 Å². The molecule has 0 unspecified atom stereocenters. The van der Waals surface area contributed by atoms with Crippen LogP contribution in [-0.2, 0) is 10.0 Å². The summed E-state index contributed by atoms with van der Waals surface area (Å²) in [4.78, 5) is 0.177. The van der Waals surface area contributed by atoms with Crippen LogP contribution >= 0.6 is 23.2 Å². The van der Waals surface area contributed by atoms with Gasteiger partial charge in [-0.2, -0.15) is 0 Å². The number of benzene rings is 1. The fourth-order valence-corrected chi connectivity index (χ4v) is 3.41. The third kappa shape index (κ3) is 4.76. The summed E-state index contributed by atoms with van der Waals surface area (Å²) in [6, 6.07) is 6.19. The molecule has 1 rings (SSSR count). The van der Waals surface area contributed by atoms with Crippen LogP contribution in [0.1, 0.15) is 20.3 Å². The van der Waals surface area contributed by atoms with Crippen LogP contribution in [0.15, 0.2) is 29.2 Å². The Morgan fingerprint density at radius 1 is 1.33 bits per heavy atom. The zero-order valence-corrected chi connectivity index (χ0v) is 12.7. The molecule has 6 heteroatoms. The maximum absolute atomic E-state index is 12.0. The Balaban J connectivity index is 2.78. The van der Waals surface area contributed by atoms with E-state index in [2.05, 4.69) is 4.72 Å². The summed E-state index contributed by atoms with van der Waals surface area (Å²) in [6.45, 7) is 4.28. The summed E-state index contributed by atoms with van der Waals surface area (Å²) in [5.74, 6) is 0.506. The molecule has 3 nitrogen and oxygen atoms in total. The van der Waals surface area contributed by atoms with E-state index in [0.717, 1.165) is 6.42 Å². The van der Waals surface area contributed by atoms with Gasteiger partial charge in [0, 0.05) is 17.4 Å². The molecule has 102 valence electrons. The minimum absolute atomic E-state index is 0.173. The molecule has 0 radical (unpaired) electrons. The molecule has 0 aliphatic rings. The van der Waals surface area contributed by atoms with Crippen molar-refractivity contribution in [2.45, 2.75) is 25.2 Å². The second-order valence-corrected chi connectivity index (χ2v) is 7.47. The smallest absolute Gasteiger partial charge is 0.211 e. The quantitative estimate of drug-likeness (QED) is 0.820. The predicted molar refractivity (Wildman–Crippen MR) is 75.8 cm³/mol. The van der Waals surface area contributed by atoms with Crippen molar-refractivity contribution < 1.29 is 8.42 Å². The van der Waals surface area contributed by atoms with Crippen molar-refractivity contribution in [3.63, 3.8) is 0 Å². The second kappa shape index (κ2) is 6.24. The lowest BCUT2D eigenvalue weighted by Crippen LogP contribution is -2.34. The van der Waals surface area contributed by atoms with Gasteiger partial charge in [0.25, 0.3) is 0 Å². The largest absolute Gasteiger partial charge is 0.240 e. The van der Waals surface area contributed by atoms with E-state index < -0.39 is 10.0 Å². The molecule has 18 heavy (non-hydrogen) atoms. The second-order valence-electron chi connectivity index (χ2n) is 4.89. The average molecular weight is 310 g/mol. The molecule has 0 saturated heterocycles. The number of rotatable bonds is 6. The van der Waals surface area contributed by atoms with Crippen molar-refractivity contribution in [3.8, 4) is 0 Å². The zero-order valence-electron chi connectivity index (χ0n) is 10.4. The normalized spacial score (nSPS) is 12.7. The standard InChI is InChI=1S/C12H17Cl2NO2S/c1-12(2,6-7-13)9-15-18(16,17)11-5-3-4-10(14)8-11/h3-5,8,15H,6-7,9H2,1-2H3. The van der Waals surface area contributed by atoms with Gasteiger partial charge in [-0.1, -0.05) is 31.5 Å². The molecule has 0 aliphatic heterocycles. The Bertz CT molecular complexity index is 501. The molecule has 0 spiro atoms. The van der Waals surface area contributed by atoms with Crippen LogP contribution in [0, 0.1) is 5.41 Å². The molecule has 1 N–H and O–H groups in total. The lowest BCUT2D eigenvalue weighted by atomic mass is 9.91. The molecule has 0 amide bonds. The molecule has 0 saturated carbocycles. The van der Waals surface area contributed by atoms with E-state index in [1.165, 1.54) is 12.1 Å². The third-order valence-corrected chi connectivity index (χ3v) is 4.44. The summed E-state index contributed by atoms with van der Waals surface area (Å²) >= 11 is 11.5. The first-order chi connectivity index (χ1) is 8.27. The number of sulfonamides is 1. The molecule has 1 aromatic carbocycles. The number of alkyl halides is 1. The van der Waals surface area contributed by atoms with Gasteiger partial charge in [-0.25, -0.2) is 13.1 Å². The molecule has 0 aromatic heterocycles. The zero-order chi connectivity index (χ0) is 13.8. The summed E-state index contributed by atoms with van der Waals surface area (Å²) in [6.07, 6.45) is 0.743. The number of nitrogens with one attached hydrogen (secondary N) is 1. The summed E-state index contributed by atoms with van der Waals surface area (Å²) in [7, 11) is -3.51. The van der Waals surface area contributed by atoms with Gasteiger partial charge in [0.1, 0.15) is 0 Å². The van der Waals surface area contributed by atoms with E-state index in [0.29, 0.717) is 17.4 Å². The van der Waals surface area contributed by atoms with E-state index in [9.17, 15) is 8.42 Å². The number of hydrogen-bond acceptors (Lipinski definition) is 2. The Kier molecular flexibility index (Phi) is 5.46. The van der Waals surface area contributed by atoms with Crippen LogP contribution in [0.4, 0.5) is 0 Å². The lowest BCUT2D eigenvalue weighted by molar-refractivity contribution is 0.352. The molecule has 0 bridgehead atoms. The van der Waals surface area contributed by atoms with Gasteiger partial charge >= 0.3 is 0 Å². The van der Waals surface area contributed by atoms with Crippen molar-refractivity contribution in [2.24, 2.45) is 5.41 Å². The van der Waals surface area contributed by atoms with E-state index in [4.69, 9.17) is 23.2 Å². The van der Waals surface area contributed by atoms with Gasteiger partial charge in [-0.3, -0.25) is 0 Å². The monoisotopic (exact) mass is 309 g/mol. The highest BCUT2D eigenvalue weighted by Gasteiger charge is 2.21. The van der Waals surface area contributed by atoms with Crippen LogP contribution in [-0.4, -0.2) is 20.8 Å². The van der Waals surface area contributed by atoms with Crippen LogP contribution in [0.25, 0.3) is 0 Å². The molecular formula is C12H17Cl2NO2S. The van der Waals surface area contributed by atoms with Crippen LogP contribution in [0.2, 0.25) is 5.02 Å². The van der Waals surface area contributed by atoms with Crippen LogP contribution < -0.4 is 4.72 Å². The van der Waals surface area contributed by atoms with Gasteiger partial charge in [0.15, 0.2) is 0 Å². The maximum atomic E-state index is 12.0. The summed E-state index contributed by atoms with van der Waals surface area (Å²) in [5, 5.41) is 0.401. The molecule has 1 aromatic rings. The van der Waals surface area contributed by atoms with Crippen molar-refractivity contribution in [3.05, 3.63) is 29.3 Å². The van der Waals surface area contributed by atoms with Crippen LogP contribution in [0.3, 0.4) is 0 Å². The minimum atomic E-state index is -3.51. The molecule has 0 fully saturated rings. The van der Waals surface area contributed by atoms with Gasteiger partial charge in [-0.05, 0) is 30.0 Å². The van der Waals surface area contributed by atoms with Crippen molar-refractivity contribution in [1.82, 2.24) is 4.72 Å². The summed E-state index contributed by atoms with van der Waals surface area (Å²) < 4.78 is 26.6. The highest BCUT2D eigenvalue weighted by molar-refractivity contribution is 7.89. The first kappa shape index (κ1) is 15.8. The average Bonchev–Trinajstić information content (AvgIpc) is 2.27. The molecule has 0 aliphatic carbocycles. The first-order valence-corrected chi connectivity index (χ1v) is 7.98. The van der Waals surface area contributed by atoms with Crippen molar-refractivity contribution >= 4 is 33.2 Å². The number of halogens is 2. The fourth-order valence-electron chi connectivity index (χ4n) is 1.35. The van der Waals surface area contributed by atoms with E-state index in [-0.39, 0.29) is 10.3 Å². The fraction of sp³-hybridized carbons (Fsp3) is 0.500.